The molecule has 0 aromatic heterocycles. The number of imide groups is 1. The normalized spacial score (nSPS) is 16.2. The summed E-state index contributed by atoms with van der Waals surface area (Å²) in [6.45, 7) is 1.25. The number of hydrogen-bond donors (Lipinski definition) is 2. The number of carbonyl (C=O) groups is 4. The fourth-order valence-electron chi connectivity index (χ4n) is 4.19. The smallest absolute Gasteiger partial charge is 0.261 e. The van der Waals surface area contributed by atoms with E-state index in [2.05, 4.69) is 5.32 Å². The molecule has 0 atom stereocenters. The van der Waals surface area contributed by atoms with Crippen molar-refractivity contribution in [1.82, 2.24) is 15.1 Å². The summed E-state index contributed by atoms with van der Waals surface area (Å²) < 4.78 is 0. The number of phenolic OH excluding ortho intramolecular Hbond substituents is 1. The highest BCUT2D eigenvalue weighted by molar-refractivity contribution is 6.21. The van der Waals surface area contributed by atoms with Crippen molar-refractivity contribution in [1.29, 1.82) is 0 Å². The SMILES string of the molecule is O=C(CCCN1C(=O)c2ccccc2C1=O)NC1CCN(C(=O)c2cccc(O)c2)CC1. The van der Waals surface area contributed by atoms with Crippen LogP contribution in [-0.4, -0.2) is 64.2 Å². The van der Waals surface area contributed by atoms with Crippen LogP contribution in [0.15, 0.2) is 48.5 Å². The molecule has 0 spiro atoms. The second-order valence-corrected chi connectivity index (χ2v) is 8.10. The Morgan fingerprint density at radius 3 is 2.25 bits per heavy atom. The van der Waals surface area contributed by atoms with Gasteiger partial charge in [-0.2, -0.15) is 0 Å². The van der Waals surface area contributed by atoms with Crippen LogP contribution in [-0.2, 0) is 4.79 Å². The van der Waals surface area contributed by atoms with E-state index in [0.29, 0.717) is 49.0 Å². The minimum absolute atomic E-state index is 0.0185. The largest absolute Gasteiger partial charge is 0.508 e. The molecule has 2 aliphatic rings. The Morgan fingerprint density at radius 2 is 1.62 bits per heavy atom. The number of hydrogen-bond acceptors (Lipinski definition) is 5. The van der Waals surface area contributed by atoms with Gasteiger partial charge in [-0.05, 0) is 49.6 Å². The average molecular weight is 435 g/mol. The molecule has 0 aliphatic carbocycles. The molecule has 32 heavy (non-hydrogen) atoms. The molecule has 0 bridgehead atoms. The Morgan fingerprint density at radius 1 is 0.969 bits per heavy atom. The van der Waals surface area contributed by atoms with Gasteiger partial charge in [0.05, 0.1) is 11.1 Å². The van der Waals surface area contributed by atoms with Crippen molar-refractivity contribution in [3.63, 3.8) is 0 Å². The van der Waals surface area contributed by atoms with Crippen LogP contribution in [0.25, 0.3) is 0 Å². The second kappa shape index (κ2) is 9.21. The van der Waals surface area contributed by atoms with Crippen LogP contribution in [0.2, 0.25) is 0 Å². The van der Waals surface area contributed by atoms with Gasteiger partial charge in [0.25, 0.3) is 17.7 Å². The fraction of sp³-hybridized carbons (Fsp3) is 0.333. The lowest BCUT2D eigenvalue weighted by Gasteiger charge is -2.32. The molecule has 1 fully saturated rings. The molecule has 0 unspecified atom stereocenters. The summed E-state index contributed by atoms with van der Waals surface area (Å²) in [5.74, 6) is -0.824. The molecular weight excluding hydrogens is 410 g/mol. The van der Waals surface area contributed by atoms with Crippen LogP contribution in [0.4, 0.5) is 0 Å². The van der Waals surface area contributed by atoms with E-state index in [-0.39, 0.29) is 48.4 Å². The van der Waals surface area contributed by atoms with Gasteiger partial charge >= 0.3 is 0 Å². The van der Waals surface area contributed by atoms with Crippen molar-refractivity contribution in [2.75, 3.05) is 19.6 Å². The van der Waals surface area contributed by atoms with Crippen LogP contribution in [0.5, 0.6) is 5.75 Å². The summed E-state index contributed by atoms with van der Waals surface area (Å²) in [5, 5.41) is 12.5. The first-order valence-corrected chi connectivity index (χ1v) is 10.8. The van der Waals surface area contributed by atoms with Gasteiger partial charge in [-0.25, -0.2) is 0 Å². The zero-order chi connectivity index (χ0) is 22.7. The second-order valence-electron chi connectivity index (χ2n) is 8.10. The number of carbonyl (C=O) groups excluding carboxylic acids is 4. The number of nitrogens with one attached hydrogen (secondary N) is 1. The van der Waals surface area contributed by atoms with Crippen molar-refractivity contribution in [3.8, 4) is 5.75 Å². The zero-order valence-corrected chi connectivity index (χ0v) is 17.6. The third kappa shape index (κ3) is 4.49. The monoisotopic (exact) mass is 435 g/mol. The maximum absolute atomic E-state index is 12.6. The Hall–Kier alpha value is -3.68. The number of fused-ring (bicyclic) bond motifs is 1. The lowest BCUT2D eigenvalue weighted by atomic mass is 10.0. The van der Waals surface area contributed by atoms with E-state index in [0.717, 1.165) is 0 Å². The number of rotatable bonds is 6. The molecule has 2 aromatic rings. The molecular formula is C24H25N3O5. The third-order valence-electron chi connectivity index (χ3n) is 5.90. The number of amides is 4. The Kier molecular flexibility index (Phi) is 6.20. The number of benzene rings is 2. The van der Waals surface area contributed by atoms with Gasteiger partial charge in [-0.15, -0.1) is 0 Å². The molecule has 2 aliphatic heterocycles. The van der Waals surface area contributed by atoms with E-state index in [1.165, 1.54) is 17.0 Å². The van der Waals surface area contributed by atoms with Crippen molar-refractivity contribution < 1.29 is 24.3 Å². The highest BCUT2D eigenvalue weighted by atomic mass is 16.3. The molecule has 0 saturated carbocycles. The van der Waals surface area contributed by atoms with Gasteiger partial charge < -0.3 is 15.3 Å². The summed E-state index contributed by atoms with van der Waals surface area (Å²) in [6.07, 6.45) is 1.91. The molecule has 2 N–H and O–H groups in total. The minimum Gasteiger partial charge on any atom is -0.508 e. The molecule has 1 saturated heterocycles. The van der Waals surface area contributed by atoms with E-state index in [1.807, 2.05) is 0 Å². The molecule has 8 heteroatoms. The van der Waals surface area contributed by atoms with Crippen molar-refractivity contribution in [2.24, 2.45) is 0 Å². The van der Waals surface area contributed by atoms with Gasteiger partial charge in [-0.1, -0.05) is 18.2 Å². The van der Waals surface area contributed by atoms with E-state index < -0.39 is 0 Å². The highest BCUT2D eigenvalue weighted by Crippen LogP contribution is 2.23. The molecule has 0 radical (unpaired) electrons. The van der Waals surface area contributed by atoms with E-state index in [9.17, 15) is 24.3 Å². The zero-order valence-electron chi connectivity index (χ0n) is 17.6. The highest BCUT2D eigenvalue weighted by Gasteiger charge is 2.34. The molecule has 4 amide bonds. The maximum atomic E-state index is 12.6. The van der Waals surface area contributed by atoms with Gasteiger partial charge in [0.2, 0.25) is 5.91 Å². The first-order chi connectivity index (χ1) is 15.4. The van der Waals surface area contributed by atoms with Gasteiger partial charge in [0, 0.05) is 37.7 Å². The van der Waals surface area contributed by atoms with Gasteiger partial charge in [-0.3, -0.25) is 24.1 Å². The standard InChI is InChI=1S/C24H25N3O5/c28-18-6-3-5-16(15-18)22(30)26-13-10-17(11-14-26)25-21(29)9-4-12-27-23(31)19-7-1-2-8-20(19)24(27)32/h1-3,5-8,15,17,28H,4,9-14H2,(H,25,29). The number of likely N-dealkylation sites (tertiary alicyclic amines) is 1. The van der Waals surface area contributed by atoms with Crippen LogP contribution < -0.4 is 5.32 Å². The quantitative estimate of drug-likeness (QED) is 0.677. The Labute approximate surface area is 185 Å². The fourth-order valence-corrected chi connectivity index (χ4v) is 4.19. The van der Waals surface area contributed by atoms with Gasteiger partial charge in [0.1, 0.15) is 5.75 Å². The number of piperidine rings is 1. The molecule has 4 rings (SSSR count). The predicted molar refractivity (Wildman–Crippen MR) is 116 cm³/mol. The van der Waals surface area contributed by atoms with Crippen LogP contribution in [0.1, 0.15) is 56.8 Å². The van der Waals surface area contributed by atoms with Crippen molar-refractivity contribution in [2.45, 2.75) is 31.7 Å². The molecule has 166 valence electrons. The number of aromatic hydroxyl groups is 1. The molecule has 8 nitrogen and oxygen atoms in total. The van der Waals surface area contributed by atoms with E-state index >= 15 is 0 Å². The number of nitrogens with zero attached hydrogens (tertiary/aromatic N) is 2. The first-order valence-electron chi connectivity index (χ1n) is 10.8. The lowest BCUT2D eigenvalue weighted by molar-refractivity contribution is -0.122. The summed E-state index contributed by atoms with van der Waals surface area (Å²) in [6, 6.07) is 13.0. The summed E-state index contributed by atoms with van der Waals surface area (Å²) in [4.78, 5) is 52.5. The summed E-state index contributed by atoms with van der Waals surface area (Å²) in [7, 11) is 0. The minimum atomic E-state index is -0.310. The van der Waals surface area contributed by atoms with Crippen LogP contribution >= 0.6 is 0 Å². The average Bonchev–Trinajstić information content (AvgIpc) is 3.04. The Balaban J connectivity index is 1.20. The predicted octanol–water partition coefficient (Wildman–Crippen LogP) is 2.19. The molecule has 2 heterocycles. The Bertz CT molecular complexity index is 1020. The van der Waals surface area contributed by atoms with E-state index in [1.54, 1.807) is 41.3 Å². The van der Waals surface area contributed by atoms with Crippen molar-refractivity contribution >= 4 is 23.6 Å². The van der Waals surface area contributed by atoms with E-state index in [4.69, 9.17) is 0 Å². The van der Waals surface area contributed by atoms with Crippen LogP contribution in [0, 0.1) is 0 Å². The first kappa shape index (κ1) is 21.5. The maximum Gasteiger partial charge on any atom is 0.261 e. The lowest BCUT2D eigenvalue weighted by Crippen LogP contribution is -2.46. The molecule has 2 aromatic carbocycles. The number of phenols is 1. The summed E-state index contributed by atoms with van der Waals surface area (Å²) in [5.41, 5.74) is 1.27. The summed E-state index contributed by atoms with van der Waals surface area (Å²) >= 11 is 0. The third-order valence-corrected chi connectivity index (χ3v) is 5.90. The topological polar surface area (TPSA) is 107 Å². The van der Waals surface area contributed by atoms with Crippen LogP contribution in [0.3, 0.4) is 0 Å². The van der Waals surface area contributed by atoms with Crippen molar-refractivity contribution in [3.05, 3.63) is 65.2 Å². The van der Waals surface area contributed by atoms with Gasteiger partial charge in [0.15, 0.2) is 0 Å².